The Morgan fingerprint density at radius 3 is 2.78 bits per heavy atom. The van der Waals surface area contributed by atoms with Gasteiger partial charge in [0.25, 0.3) is 5.56 Å². The average Bonchev–Trinajstić information content (AvgIpc) is 3.33. The lowest BCUT2D eigenvalue weighted by atomic mass is 10.1. The quantitative estimate of drug-likeness (QED) is 0.504. The summed E-state index contributed by atoms with van der Waals surface area (Å²) in [6, 6.07) is 6.59. The zero-order valence-electron chi connectivity index (χ0n) is 18.0. The van der Waals surface area contributed by atoms with Crippen LogP contribution in [0.15, 0.2) is 34.4 Å². The first-order chi connectivity index (χ1) is 15.3. The van der Waals surface area contributed by atoms with Gasteiger partial charge in [-0.25, -0.2) is 14.1 Å². The maximum absolute atomic E-state index is 13.9. The molecule has 1 saturated carbocycles. The average molecular weight is 452 g/mol. The highest BCUT2D eigenvalue weighted by atomic mass is 32.1. The number of hydrogen-bond donors (Lipinski definition) is 1. The smallest absolute Gasteiger partial charge is 0.268 e. The van der Waals surface area contributed by atoms with E-state index in [0.29, 0.717) is 33.3 Å². The zero-order valence-corrected chi connectivity index (χ0v) is 18.8. The molecule has 1 aliphatic rings. The highest BCUT2D eigenvalue weighted by Gasteiger charge is 2.25. The number of carbonyl (C=O) groups excluding carboxylic acids is 1. The second kappa shape index (κ2) is 7.67. The summed E-state index contributed by atoms with van der Waals surface area (Å²) in [6.07, 6.45) is 2.14. The number of rotatable bonds is 5. The van der Waals surface area contributed by atoms with Gasteiger partial charge < -0.3 is 5.32 Å². The Morgan fingerprint density at radius 2 is 2.03 bits per heavy atom. The third-order valence-corrected chi connectivity index (χ3v) is 6.52. The Kier molecular flexibility index (Phi) is 4.93. The molecule has 0 spiro atoms. The molecule has 4 aromatic rings. The highest BCUT2D eigenvalue weighted by Crippen LogP contribution is 2.25. The first-order valence-electron chi connectivity index (χ1n) is 10.4. The number of aromatic nitrogens is 4. The maximum Gasteiger partial charge on any atom is 0.268 e. The molecule has 9 heteroatoms. The van der Waals surface area contributed by atoms with Crippen molar-refractivity contribution in [2.24, 2.45) is 0 Å². The monoisotopic (exact) mass is 451 g/mol. The van der Waals surface area contributed by atoms with E-state index in [1.165, 1.54) is 27.9 Å². The van der Waals surface area contributed by atoms with E-state index in [-0.39, 0.29) is 29.7 Å². The van der Waals surface area contributed by atoms with Gasteiger partial charge in [0.2, 0.25) is 5.91 Å². The van der Waals surface area contributed by atoms with Gasteiger partial charge in [0.15, 0.2) is 4.96 Å². The van der Waals surface area contributed by atoms with E-state index < -0.39 is 0 Å². The highest BCUT2D eigenvalue weighted by molar-refractivity contribution is 7.15. The van der Waals surface area contributed by atoms with Crippen LogP contribution >= 0.6 is 11.3 Å². The second-order valence-corrected chi connectivity index (χ2v) is 9.09. The minimum Gasteiger partial charge on any atom is -0.353 e. The van der Waals surface area contributed by atoms with Crippen molar-refractivity contribution in [1.29, 1.82) is 0 Å². The Hall–Kier alpha value is -3.33. The van der Waals surface area contributed by atoms with Crippen molar-refractivity contribution in [3.63, 3.8) is 0 Å². The van der Waals surface area contributed by atoms with Crippen LogP contribution in [0.25, 0.3) is 21.9 Å². The molecule has 1 aromatic carbocycles. The van der Waals surface area contributed by atoms with Gasteiger partial charge in [-0.2, -0.15) is 5.10 Å². The Labute approximate surface area is 187 Å². The number of nitrogens with one attached hydrogen (secondary N) is 1. The van der Waals surface area contributed by atoms with Gasteiger partial charge in [-0.05, 0) is 57.4 Å². The molecule has 0 radical (unpaired) electrons. The molecule has 0 aliphatic heterocycles. The number of nitrogens with zero attached hydrogens (tertiary/aromatic N) is 4. The third-order valence-electron chi connectivity index (χ3n) is 5.65. The van der Waals surface area contributed by atoms with Crippen molar-refractivity contribution in [2.75, 3.05) is 0 Å². The number of aryl methyl sites for hydroxylation is 3. The van der Waals surface area contributed by atoms with E-state index in [1.54, 1.807) is 29.1 Å². The first-order valence-corrected chi connectivity index (χ1v) is 11.3. The fraction of sp³-hybridized carbons (Fsp3) is 0.304. The maximum atomic E-state index is 13.9. The van der Waals surface area contributed by atoms with Crippen LogP contribution < -0.4 is 10.9 Å². The summed E-state index contributed by atoms with van der Waals surface area (Å²) in [5, 5.41) is 9.39. The number of fused-ring (bicyclic) bond motifs is 1. The van der Waals surface area contributed by atoms with Crippen LogP contribution in [0.4, 0.5) is 4.39 Å². The zero-order chi connectivity index (χ0) is 22.6. The summed E-state index contributed by atoms with van der Waals surface area (Å²) >= 11 is 1.34. The van der Waals surface area contributed by atoms with E-state index in [2.05, 4.69) is 15.4 Å². The molecule has 1 N–H and O–H groups in total. The van der Waals surface area contributed by atoms with Crippen molar-refractivity contribution in [3.05, 3.63) is 68.5 Å². The van der Waals surface area contributed by atoms with Crippen molar-refractivity contribution in [1.82, 2.24) is 24.5 Å². The van der Waals surface area contributed by atoms with E-state index in [0.717, 1.165) is 24.1 Å². The molecule has 0 unspecified atom stereocenters. The van der Waals surface area contributed by atoms with Gasteiger partial charge in [0.05, 0.1) is 23.4 Å². The van der Waals surface area contributed by atoms with Gasteiger partial charge in [0.1, 0.15) is 11.5 Å². The van der Waals surface area contributed by atoms with Crippen LogP contribution in [-0.4, -0.2) is 31.1 Å². The number of amides is 1. The Bertz CT molecular complexity index is 1430. The van der Waals surface area contributed by atoms with Crippen LogP contribution in [0.1, 0.15) is 35.5 Å². The van der Waals surface area contributed by atoms with Crippen LogP contribution in [0, 0.1) is 26.6 Å². The lowest BCUT2D eigenvalue weighted by molar-refractivity contribution is -0.120. The fourth-order valence-corrected chi connectivity index (χ4v) is 4.77. The van der Waals surface area contributed by atoms with Crippen LogP contribution in [0.5, 0.6) is 0 Å². The topological polar surface area (TPSA) is 81.3 Å². The van der Waals surface area contributed by atoms with E-state index in [1.807, 2.05) is 13.8 Å². The number of benzene rings is 1. The fourth-order valence-electron chi connectivity index (χ4n) is 3.85. The molecule has 3 heterocycles. The molecule has 32 heavy (non-hydrogen) atoms. The van der Waals surface area contributed by atoms with Gasteiger partial charge in [-0.1, -0.05) is 6.07 Å². The summed E-state index contributed by atoms with van der Waals surface area (Å²) in [7, 11) is 0. The van der Waals surface area contributed by atoms with E-state index >= 15 is 0 Å². The molecular formula is C23H22FN5O2S. The molecule has 164 valence electrons. The van der Waals surface area contributed by atoms with Crippen LogP contribution in [0.3, 0.4) is 0 Å². The SMILES string of the molecule is Cc1ccc(F)cc1-n1nc(-c2c(C)nc3scc(CC(=O)NC4CC4)n3c2=O)cc1C. The minimum atomic E-state index is -0.353. The van der Waals surface area contributed by atoms with Crippen molar-refractivity contribution in [2.45, 2.75) is 46.1 Å². The summed E-state index contributed by atoms with van der Waals surface area (Å²) in [5.74, 6) is -0.447. The van der Waals surface area contributed by atoms with Gasteiger partial charge in [-0.15, -0.1) is 11.3 Å². The second-order valence-electron chi connectivity index (χ2n) is 8.25. The van der Waals surface area contributed by atoms with Crippen molar-refractivity contribution >= 4 is 22.2 Å². The molecule has 1 amide bonds. The van der Waals surface area contributed by atoms with Crippen LogP contribution in [0.2, 0.25) is 0 Å². The molecule has 0 bridgehead atoms. The van der Waals surface area contributed by atoms with E-state index in [9.17, 15) is 14.0 Å². The number of thiazole rings is 1. The summed E-state index contributed by atoms with van der Waals surface area (Å²) in [6.45, 7) is 5.52. The molecular weight excluding hydrogens is 429 g/mol. The molecule has 1 aliphatic carbocycles. The van der Waals surface area contributed by atoms with Crippen LogP contribution in [-0.2, 0) is 11.2 Å². The molecule has 1 fully saturated rings. The van der Waals surface area contributed by atoms with Gasteiger partial charge in [-0.3, -0.25) is 14.0 Å². The Morgan fingerprint density at radius 1 is 1.25 bits per heavy atom. The summed E-state index contributed by atoms with van der Waals surface area (Å²) < 4.78 is 17.0. The normalized spacial score (nSPS) is 13.6. The summed E-state index contributed by atoms with van der Waals surface area (Å²) in [5.41, 5.74) is 4.01. The Balaban J connectivity index is 1.60. The van der Waals surface area contributed by atoms with E-state index in [4.69, 9.17) is 0 Å². The number of carbonyl (C=O) groups is 1. The predicted octanol–water partition coefficient (Wildman–Crippen LogP) is 3.49. The van der Waals surface area contributed by atoms with Gasteiger partial charge in [0, 0.05) is 22.8 Å². The molecule has 0 saturated heterocycles. The lowest BCUT2D eigenvalue weighted by Gasteiger charge is -2.08. The van der Waals surface area contributed by atoms with Crippen molar-refractivity contribution in [3.8, 4) is 16.9 Å². The predicted molar refractivity (Wildman–Crippen MR) is 121 cm³/mol. The first kappa shape index (κ1) is 20.6. The molecule has 0 atom stereocenters. The number of halogens is 1. The molecule has 7 nitrogen and oxygen atoms in total. The minimum absolute atomic E-state index is 0.0945. The third kappa shape index (κ3) is 3.62. The summed E-state index contributed by atoms with van der Waals surface area (Å²) in [4.78, 5) is 31.0. The molecule has 3 aromatic heterocycles. The van der Waals surface area contributed by atoms with Gasteiger partial charge >= 0.3 is 0 Å². The van der Waals surface area contributed by atoms with Crippen molar-refractivity contribution < 1.29 is 9.18 Å². The molecule has 5 rings (SSSR count). The number of hydrogen-bond acceptors (Lipinski definition) is 5. The standard InChI is InChI=1S/C23H22FN5O2S/c1-12-4-5-15(24)9-19(12)29-13(2)8-18(27-29)21-14(3)25-23-28(22(21)31)17(11-32-23)10-20(30)26-16-6-7-16/h4-5,8-9,11,16H,6-7,10H2,1-3H3,(H,26,30). The lowest BCUT2D eigenvalue weighted by Crippen LogP contribution is -2.29. The largest absolute Gasteiger partial charge is 0.353 e.